The normalized spacial score (nSPS) is 10.0. The topological polar surface area (TPSA) is 49.7 Å². The van der Waals surface area contributed by atoms with Gasteiger partial charge in [0.05, 0.1) is 0 Å². The van der Waals surface area contributed by atoms with Crippen LogP contribution in [0.25, 0.3) is 10.4 Å². The molecule has 0 unspecified atom stereocenters. The molecule has 3 nitrogen and oxygen atoms in total. The predicted molar refractivity (Wildman–Crippen MR) is 60.6 cm³/mol. The average Bonchev–Trinajstić information content (AvgIpc) is 2.69. The van der Waals surface area contributed by atoms with Gasteiger partial charge in [-0.15, -0.1) is 11.3 Å². The van der Waals surface area contributed by atoms with Gasteiger partial charge in [0.1, 0.15) is 5.75 Å². The summed E-state index contributed by atoms with van der Waals surface area (Å²) in [6, 6.07) is 11.2. The first-order valence-electron chi connectivity index (χ1n) is 4.42. The highest BCUT2D eigenvalue weighted by Crippen LogP contribution is 2.27. The van der Waals surface area contributed by atoms with Crippen molar-refractivity contribution >= 4 is 18.7 Å². The van der Waals surface area contributed by atoms with E-state index in [-0.39, 0.29) is 0 Å². The van der Waals surface area contributed by atoms with E-state index in [1.165, 1.54) is 0 Å². The molecule has 1 heterocycles. The zero-order valence-electron chi connectivity index (χ0n) is 7.83. The fraction of sp³-hybridized carbons (Fsp3) is 0. The van der Waals surface area contributed by atoms with E-state index in [1.54, 1.807) is 23.5 Å². The summed E-state index contributed by atoms with van der Waals surface area (Å²) < 4.78 is 4.77. The van der Waals surface area contributed by atoms with Gasteiger partial charge >= 0.3 is 7.32 Å². The molecule has 2 N–H and O–H groups in total. The molecule has 0 amide bonds. The van der Waals surface area contributed by atoms with Crippen LogP contribution in [-0.4, -0.2) is 17.4 Å². The SMILES string of the molecule is OB(O)Oc1cccc(-c2cccs2)c1. The van der Waals surface area contributed by atoms with Crippen LogP contribution in [0.1, 0.15) is 0 Å². The molecule has 0 saturated carbocycles. The fourth-order valence-corrected chi connectivity index (χ4v) is 2.01. The molecule has 15 heavy (non-hydrogen) atoms. The van der Waals surface area contributed by atoms with Gasteiger partial charge in [0.2, 0.25) is 0 Å². The Morgan fingerprint density at radius 1 is 1.13 bits per heavy atom. The van der Waals surface area contributed by atoms with Crippen molar-refractivity contribution in [2.75, 3.05) is 0 Å². The Labute approximate surface area is 91.8 Å². The minimum absolute atomic E-state index is 0.441. The van der Waals surface area contributed by atoms with Gasteiger partial charge < -0.3 is 14.7 Å². The monoisotopic (exact) mass is 220 g/mol. The Morgan fingerprint density at radius 2 is 2.00 bits per heavy atom. The number of thiophene rings is 1. The molecule has 76 valence electrons. The van der Waals surface area contributed by atoms with Crippen molar-refractivity contribution in [1.82, 2.24) is 0 Å². The highest BCUT2D eigenvalue weighted by molar-refractivity contribution is 7.13. The fourth-order valence-electron chi connectivity index (χ4n) is 1.29. The number of hydrogen-bond donors (Lipinski definition) is 2. The van der Waals surface area contributed by atoms with E-state index in [1.807, 2.05) is 29.6 Å². The van der Waals surface area contributed by atoms with Gasteiger partial charge in [-0.05, 0) is 29.1 Å². The van der Waals surface area contributed by atoms with Crippen molar-refractivity contribution in [3.8, 4) is 16.2 Å². The van der Waals surface area contributed by atoms with E-state index >= 15 is 0 Å². The third kappa shape index (κ3) is 2.59. The van der Waals surface area contributed by atoms with Crippen LogP contribution in [0, 0.1) is 0 Å². The van der Waals surface area contributed by atoms with Crippen molar-refractivity contribution in [1.29, 1.82) is 0 Å². The Bertz CT molecular complexity index is 428. The van der Waals surface area contributed by atoms with Gasteiger partial charge in [-0.2, -0.15) is 0 Å². The van der Waals surface area contributed by atoms with Crippen molar-refractivity contribution in [3.63, 3.8) is 0 Å². The van der Waals surface area contributed by atoms with E-state index in [2.05, 4.69) is 0 Å². The van der Waals surface area contributed by atoms with Gasteiger partial charge in [0.25, 0.3) is 0 Å². The third-order valence-corrected chi connectivity index (χ3v) is 2.80. The number of hydrogen-bond acceptors (Lipinski definition) is 4. The van der Waals surface area contributed by atoms with Crippen LogP contribution in [0.2, 0.25) is 0 Å². The molecule has 0 radical (unpaired) electrons. The average molecular weight is 220 g/mol. The second-order valence-corrected chi connectivity index (χ2v) is 3.90. The molecule has 0 saturated heterocycles. The molecule has 2 rings (SSSR count). The molecule has 0 aliphatic carbocycles. The molecule has 1 aromatic carbocycles. The number of benzene rings is 1. The highest BCUT2D eigenvalue weighted by Gasteiger charge is 2.11. The molecule has 0 fully saturated rings. The second kappa shape index (κ2) is 4.48. The van der Waals surface area contributed by atoms with Crippen LogP contribution in [0.5, 0.6) is 5.75 Å². The molecule has 2 aromatic rings. The van der Waals surface area contributed by atoms with Crippen molar-refractivity contribution in [3.05, 3.63) is 41.8 Å². The first-order valence-corrected chi connectivity index (χ1v) is 5.30. The summed E-state index contributed by atoms with van der Waals surface area (Å²) in [4.78, 5) is 1.12. The van der Waals surface area contributed by atoms with Gasteiger partial charge in [-0.1, -0.05) is 18.2 Å². The van der Waals surface area contributed by atoms with E-state index < -0.39 is 7.32 Å². The van der Waals surface area contributed by atoms with Crippen LogP contribution >= 0.6 is 11.3 Å². The quantitative estimate of drug-likeness (QED) is 0.775. The molecule has 0 aliphatic heterocycles. The Balaban J connectivity index is 2.27. The van der Waals surface area contributed by atoms with E-state index in [4.69, 9.17) is 14.7 Å². The lowest BCUT2D eigenvalue weighted by Gasteiger charge is -2.05. The first kappa shape index (κ1) is 10.2. The predicted octanol–water partition coefficient (Wildman–Crippen LogP) is 1.76. The lowest BCUT2D eigenvalue weighted by Crippen LogP contribution is -2.20. The highest BCUT2D eigenvalue weighted by atomic mass is 32.1. The maximum Gasteiger partial charge on any atom is 0.707 e. The Kier molecular flexibility index (Phi) is 3.06. The third-order valence-electron chi connectivity index (χ3n) is 1.88. The molecule has 5 heteroatoms. The lowest BCUT2D eigenvalue weighted by atomic mass is 10.1. The maximum absolute atomic E-state index is 8.66. The van der Waals surface area contributed by atoms with Crippen LogP contribution in [0.3, 0.4) is 0 Å². The van der Waals surface area contributed by atoms with Crippen molar-refractivity contribution in [2.24, 2.45) is 0 Å². The van der Waals surface area contributed by atoms with Gasteiger partial charge in [-0.25, -0.2) is 0 Å². The summed E-state index contributed by atoms with van der Waals surface area (Å²) in [6.45, 7) is 0. The molecule has 0 atom stereocenters. The zero-order chi connectivity index (χ0) is 10.7. The molecule has 0 bridgehead atoms. The van der Waals surface area contributed by atoms with Crippen molar-refractivity contribution in [2.45, 2.75) is 0 Å². The van der Waals surface area contributed by atoms with E-state index in [9.17, 15) is 0 Å². The van der Waals surface area contributed by atoms with Crippen LogP contribution in [-0.2, 0) is 0 Å². The lowest BCUT2D eigenvalue weighted by molar-refractivity contribution is 0.288. The molecule has 0 aliphatic rings. The van der Waals surface area contributed by atoms with Crippen LogP contribution < -0.4 is 4.65 Å². The summed E-state index contributed by atoms with van der Waals surface area (Å²) in [7, 11) is -1.77. The molecule has 1 aromatic heterocycles. The van der Waals surface area contributed by atoms with E-state index in [0.29, 0.717) is 5.75 Å². The maximum atomic E-state index is 8.66. The van der Waals surface area contributed by atoms with Gasteiger partial charge in [0.15, 0.2) is 0 Å². The van der Waals surface area contributed by atoms with E-state index in [0.717, 1.165) is 10.4 Å². The smallest absolute Gasteiger partial charge is 0.512 e. The van der Waals surface area contributed by atoms with Crippen molar-refractivity contribution < 1.29 is 14.7 Å². The molecular formula is C10H9BO3S. The zero-order valence-corrected chi connectivity index (χ0v) is 8.65. The summed E-state index contributed by atoms with van der Waals surface area (Å²) in [5.74, 6) is 0.441. The van der Waals surface area contributed by atoms with Gasteiger partial charge in [0, 0.05) is 4.88 Å². The standard InChI is InChI=1S/C10H9BO3S/c12-11(13)14-9-4-1-3-8(7-9)10-5-2-6-15-10/h1-7,12-13H. The number of rotatable bonds is 3. The minimum Gasteiger partial charge on any atom is -0.512 e. The summed E-state index contributed by atoms with van der Waals surface area (Å²) >= 11 is 1.62. The van der Waals surface area contributed by atoms with Gasteiger partial charge in [-0.3, -0.25) is 0 Å². The summed E-state index contributed by atoms with van der Waals surface area (Å²) in [5.41, 5.74) is 1.00. The molecular weight excluding hydrogens is 211 g/mol. The van der Waals surface area contributed by atoms with Crippen LogP contribution in [0.4, 0.5) is 0 Å². The summed E-state index contributed by atoms with van der Waals surface area (Å²) in [5, 5.41) is 19.3. The Morgan fingerprint density at radius 3 is 2.67 bits per heavy atom. The summed E-state index contributed by atoms with van der Waals surface area (Å²) in [6.07, 6.45) is 0. The minimum atomic E-state index is -1.77. The first-order chi connectivity index (χ1) is 7.25. The van der Waals surface area contributed by atoms with Crippen LogP contribution in [0.15, 0.2) is 41.8 Å². The second-order valence-electron chi connectivity index (χ2n) is 2.95. The molecule has 0 spiro atoms. The largest absolute Gasteiger partial charge is 0.707 e. The Hall–Kier alpha value is -1.30.